The fourth-order valence-corrected chi connectivity index (χ4v) is 1.82. The second kappa shape index (κ2) is 6.88. The summed E-state index contributed by atoms with van der Waals surface area (Å²) >= 11 is 0. The van der Waals surface area contributed by atoms with Gasteiger partial charge in [-0.3, -0.25) is 4.98 Å². The normalized spacial score (nSPS) is 12.1. The first-order valence-electron chi connectivity index (χ1n) is 6.36. The standard InChI is InChI=1S/C15H20N4.HI/c1-15(2,3)19-14(16)18-10-11-6-7-13-12(9-11)5-4-8-17-13;/h4-9H,10H2,1-3H3,(H3,16,18,19);1H. The fraction of sp³-hybridized carbons (Fsp3) is 0.333. The largest absolute Gasteiger partial charge is 0.370 e. The van der Waals surface area contributed by atoms with Crippen LogP contribution < -0.4 is 11.1 Å². The molecule has 1 aromatic heterocycles. The number of hydrogen-bond donors (Lipinski definition) is 2. The molecule has 3 N–H and O–H groups in total. The average molecular weight is 384 g/mol. The number of nitrogens with one attached hydrogen (secondary N) is 1. The second-order valence-electron chi connectivity index (χ2n) is 5.61. The highest BCUT2D eigenvalue weighted by atomic mass is 127. The van der Waals surface area contributed by atoms with E-state index in [0.717, 1.165) is 16.5 Å². The molecule has 0 bridgehead atoms. The molecule has 0 atom stereocenters. The Hall–Kier alpha value is -1.37. The number of guanidine groups is 1. The van der Waals surface area contributed by atoms with Crippen LogP contribution in [0.3, 0.4) is 0 Å². The predicted octanol–water partition coefficient (Wildman–Crippen LogP) is 3.06. The number of nitrogens with two attached hydrogens (primary N) is 1. The van der Waals surface area contributed by atoms with Gasteiger partial charge in [0.1, 0.15) is 0 Å². The van der Waals surface area contributed by atoms with Crippen molar-refractivity contribution in [3.8, 4) is 0 Å². The lowest BCUT2D eigenvalue weighted by Gasteiger charge is -2.20. The van der Waals surface area contributed by atoms with Gasteiger partial charge in [0.25, 0.3) is 0 Å². The minimum absolute atomic E-state index is 0. The summed E-state index contributed by atoms with van der Waals surface area (Å²) in [5, 5.41) is 4.26. The number of pyridine rings is 1. The summed E-state index contributed by atoms with van der Waals surface area (Å²) in [6, 6.07) is 10.1. The monoisotopic (exact) mass is 384 g/mol. The summed E-state index contributed by atoms with van der Waals surface area (Å²) in [6.07, 6.45) is 1.80. The number of fused-ring (bicyclic) bond motifs is 1. The third-order valence-corrected chi connectivity index (χ3v) is 2.60. The van der Waals surface area contributed by atoms with Gasteiger partial charge in [-0.15, -0.1) is 24.0 Å². The van der Waals surface area contributed by atoms with E-state index in [1.165, 1.54) is 0 Å². The van der Waals surface area contributed by atoms with Crippen LogP contribution in [0.1, 0.15) is 26.3 Å². The zero-order chi connectivity index (χ0) is 13.9. The first-order chi connectivity index (χ1) is 8.94. The number of rotatable bonds is 2. The van der Waals surface area contributed by atoms with Gasteiger partial charge in [-0.05, 0) is 44.5 Å². The van der Waals surface area contributed by atoms with Crippen LogP contribution in [-0.2, 0) is 6.54 Å². The number of aromatic nitrogens is 1. The van der Waals surface area contributed by atoms with E-state index >= 15 is 0 Å². The van der Waals surface area contributed by atoms with Crippen LogP contribution in [0, 0.1) is 0 Å². The van der Waals surface area contributed by atoms with Crippen LogP contribution in [-0.4, -0.2) is 16.5 Å². The molecule has 5 heteroatoms. The number of nitrogens with zero attached hydrogens (tertiary/aromatic N) is 2. The Balaban J connectivity index is 0.00000200. The number of benzene rings is 1. The molecule has 0 saturated carbocycles. The number of aliphatic imine (C=N–C) groups is 1. The van der Waals surface area contributed by atoms with Gasteiger partial charge in [-0.25, -0.2) is 4.99 Å². The maximum Gasteiger partial charge on any atom is 0.189 e. The van der Waals surface area contributed by atoms with Gasteiger partial charge >= 0.3 is 0 Å². The number of hydrogen-bond acceptors (Lipinski definition) is 2. The summed E-state index contributed by atoms with van der Waals surface area (Å²) in [4.78, 5) is 8.64. The van der Waals surface area contributed by atoms with Gasteiger partial charge in [-0.1, -0.05) is 12.1 Å². The molecule has 0 unspecified atom stereocenters. The summed E-state index contributed by atoms with van der Waals surface area (Å²) < 4.78 is 0. The molecule has 0 amide bonds. The molecule has 1 heterocycles. The van der Waals surface area contributed by atoms with Crippen LogP contribution in [0.25, 0.3) is 10.9 Å². The van der Waals surface area contributed by atoms with E-state index < -0.39 is 0 Å². The zero-order valence-electron chi connectivity index (χ0n) is 12.1. The lowest BCUT2D eigenvalue weighted by Crippen LogP contribution is -2.44. The van der Waals surface area contributed by atoms with Crippen LogP contribution >= 0.6 is 24.0 Å². The summed E-state index contributed by atoms with van der Waals surface area (Å²) in [5.41, 5.74) is 7.90. The molecular formula is C15H21IN4. The van der Waals surface area contributed by atoms with Gasteiger partial charge in [0, 0.05) is 17.1 Å². The van der Waals surface area contributed by atoms with Gasteiger partial charge in [-0.2, -0.15) is 0 Å². The van der Waals surface area contributed by atoms with Gasteiger partial charge in [0.2, 0.25) is 0 Å². The van der Waals surface area contributed by atoms with Crippen molar-refractivity contribution in [2.75, 3.05) is 0 Å². The van der Waals surface area contributed by atoms with Gasteiger partial charge < -0.3 is 11.1 Å². The summed E-state index contributed by atoms with van der Waals surface area (Å²) in [7, 11) is 0. The van der Waals surface area contributed by atoms with Crippen molar-refractivity contribution < 1.29 is 0 Å². The van der Waals surface area contributed by atoms with E-state index in [2.05, 4.69) is 42.1 Å². The quantitative estimate of drug-likeness (QED) is 0.475. The smallest absolute Gasteiger partial charge is 0.189 e. The molecule has 0 aliphatic heterocycles. The maximum absolute atomic E-state index is 5.85. The Kier molecular flexibility index (Phi) is 5.74. The summed E-state index contributed by atoms with van der Waals surface area (Å²) in [5.74, 6) is 0.471. The number of halogens is 1. The van der Waals surface area contributed by atoms with E-state index in [9.17, 15) is 0 Å². The SMILES string of the molecule is CC(C)(C)NC(N)=NCc1ccc2ncccc2c1.I. The highest BCUT2D eigenvalue weighted by Crippen LogP contribution is 2.13. The molecular weight excluding hydrogens is 363 g/mol. The van der Waals surface area contributed by atoms with E-state index in [1.807, 2.05) is 24.3 Å². The molecule has 108 valence electrons. The molecule has 1 aromatic carbocycles. The lowest BCUT2D eigenvalue weighted by molar-refractivity contribution is 0.508. The minimum atomic E-state index is -0.0686. The Morgan fingerprint density at radius 2 is 2.05 bits per heavy atom. The zero-order valence-corrected chi connectivity index (χ0v) is 14.4. The Labute approximate surface area is 136 Å². The third kappa shape index (κ3) is 4.96. The van der Waals surface area contributed by atoms with Crippen LogP contribution in [0.4, 0.5) is 0 Å². The fourth-order valence-electron chi connectivity index (χ4n) is 1.82. The van der Waals surface area contributed by atoms with Crippen LogP contribution in [0.2, 0.25) is 0 Å². The molecule has 0 aliphatic rings. The van der Waals surface area contributed by atoms with Gasteiger partial charge in [0.05, 0.1) is 12.1 Å². The molecule has 4 nitrogen and oxygen atoms in total. The molecule has 0 radical (unpaired) electrons. The molecule has 0 spiro atoms. The third-order valence-electron chi connectivity index (χ3n) is 2.60. The van der Waals surface area contributed by atoms with Crippen molar-refractivity contribution in [1.29, 1.82) is 0 Å². The van der Waals surface area contributed by atoms with Crippen molar-refractivity contribution in [3.63, 3.8) is 0 Å². The predicted molar refractivity (Wildman–Crippen MR) is 95.4 cm³/mol. The first kappa shape index (κ1) is 16.7. The molecule has 0 fully saturated rings. The maximum atomic E-state index is 5.85. The molecule has 2 rings (SSSR count). The second-order valence-corrected chi connectivity index (χ2v) is 5.61. The van der Waals surface area contributed by atoms with E-state index in [-0.39, 0.29) is 29.5 Å². The highest BCUT2D eigenvalue weighted by molar-refractivity contribution is 14.0. The lowest BCUT2D eigenvalue weighted by atomic mass is 10.1. The molecule has 0 aliphatic carbocycles. The van der Waals surface area contributed by atoms with Gasteiger partial charge in [0.15, 0.2) is 5.96 Å². The minimum Gasteiger partial charge on any atom is -0.370 e. The highest BCUT2D eigenvalue weighted by Gasteiger charge is 2.09. The Morgan fingerprint density at radius 1 is 1.30 bits per heavy atom. The average Bonchev–Trinajstić information content (AvgIpc) is 2.34. The molecule has 20 heavy (non-hydrogen) atoms. The topological polar surface area (TPSA) is 63.3 Å². The van der Waals surface area contributed by atoms with Crippen molar-refractivity contribution in [3.05, 3.63) is 42.1 Å². The van der Waals surface area contributed by atoms with Crippen LogP contribution in [0.5, 0.6) is 0 Å². The molecule has 2 aromatic rings. The van der Waals surface area contributed by atoms with Crippen molar-refractivity contribution >= 4 is 40.8 Å². The van der Waals surface area contributed by atoms with E-state index in [4.69, 9.17) is 5.73 Å². The van der Waals surface area contributed by atoms with Crippen LogP contribution in [0.15, 0.2) is 41.5 Å². The van der Waals surface area contributed by atoms with Crippen molar-refractivity contribution in [2.45, 2.75) is 32.9 Å². The summed E-state index contributed by atoms with van der Waals surface area (Å²) in [6.45, 7) is 6.73. The Bertz CT molecular complexity index is 602. The van der Waals surface area contributed by atoms with Crippen molar-refractivity contribution in [2.24, 2.45) is 10.7 Å². The van der Waals surface area contributed by atoms with E-state index in [1.54, 1.807) is 6.20 Å². The Morgan fingerprint density at radius 3 is 2.75 bits per heavy atom. The first-order valence-corrected chi connectivity index (χ1v) is 6.36. The molecule has 0 saturated heterocycles. The van der Waals surface area contributed by atoms with E-state index in [0.29, 0.717) is 12.5 Å². The van der Waals surface area contributed by atoms with Crippen molar-refractivity contribution in [1.82, 2.24) is 10.3 Å².